The van der Waals surface area contributed by atoms with Crippen LogP contribution in [0.25, 0.3) is 11.3 Å². The van der Waals surface area contributed by atoms with Crippen LogP contribution in [0.5, 0.6) is 0 Å². The van der Waals surface area contributed by atoms with Crippen LogP contribution in [0.1, 0.15) is 44.5 Å². The van der Waals surface area contributed by atoms with Gasteiger partial charge in [-0.2, -0.15) is 0 Å². The lowest BCUT2D eigenvalue weighted by atomic mass is 10.1. The molecule has 1 aromatic carbocycles. The minimum Gasteiger partial charge on any atom is -0.383 e. The van der Waals surface area contributed by atoms with Crippen molar-refractivity contribution in [1.29, 1.82) is 0 Å². The first-order valence-corrected chi connectivity index (χ1v) is 6.97. The van der Waals surface area contributed by atoms with Crippen LogP contribution in [0.4, 0.5) is 5.82 Å². The van der Waals surface area contributed by atoms with Crippen molar-refractivity contribution in [3.8, 4) is 11.3 Å². The van der Waals surface area contributed by atoms with Crippen LogP contribution in [0, 0.1) is 6.92 Å². The standard InChI is InChI=1S/C16H23N3/c1-5-9-19-15(17)14(18-16(19)11(2)3)13-8-6-7-12(4)10-13/h6-8,10-11H,5,9,17H2,1-4H3. The molecule has 102 valence electrons. The summed E-state index contributed by atoms with van der Waals surface area (Å²) in [7, 11) is 0. The number of nitrogens with zero attached hydrogens (tertiary/aromatic N) is 2. The fraction of sp³-hybridized carbons (Fsp3) is 0.438. The molecule has 3 nitrogen and oxygen atoms in total. The Morgan fingerprint density at radius 1 is 1.32 bits per heavy atom. The number of imidazole rings is 1. The first kappa shape index (κ1) is 13.7. The Morgan fingerprint density at radius 3 is 2.63 bits per heavy atom. The van der Waals surface area contributed by atoms with Gasteiger partial charge in [-0.05, 0) is 19.4 Å². The van der Waals surface area contributed by atoms with Gasteiger partial charge in [0.05, 0.1) is 0 Å². The van der Waals surface area contributed by atoms with Gasteiger partial charge in [0.25, 0.3) is 0 Å². The highest BCUT2D eigenvalue weighted by Gasteiger charge is 2.17. The molecule has 0 spiro atoms. The third-order valence-corrected chi connectivity index (χ3v) is 3.29. The Bertz CT molecular complexity index is 567. The lowest BCUT2D eigenvalue weighted by Gasteiger charge is -2.10. The molecule has 0 saturated carbocycles. The van der Waals surface area contributed by atoms with Gasteiger partial charge in [-0.15, -0.1) is 0 Å². The number of hydrogen-bond donors (Lipinski definition) is 1. The Morgan fingerprint density at radius 2 is 2.05 bits per heavy atom. The number of hydrogen-bond acceptors (Lipinski definition) is 2. The van der Waals surface area contributed by atoms with E-state index >= 15 is 0 Å². The van der Waals surface area contributed by atoms with Crippen LogP contribution in [-0.4, -0.2) is 9.55 Å². The molecule has 0 saturated heterocycles. The topological polar surface area (TPSA) is 43.8 Å². The zero-order chi connectivity index (χ0) is 14.0. The van der Waals surface area contributed by atoms with E-state index in [1.807, 2.05) is 0 Å². The highest BCUT2D eigenvalue weighted by molar-refractivity contribution is 5.71. The maximum absolute atomic E-state index is 6.31. The smallest absolute Gasteiger partial charge is 0.131 e. The van der Waals surface area contributed by atoms with Crippen molar-refractivity contribution < 1.29 is 0 Å². The second-order valence-corrected chi connectivity index (χ2v) is 5.38. The van der Waals surface area contributed by atoms with E-state index in [4.69, 9.17) is 10.7 Å². The quantitative estimate of drug-likeness (QED) is 0.900. The summed E-state index contributed by atoms with van der Waals surface area (Å²) in [5.41, 5.74) is 9.56. The predicted octanol–water partition coefficient (Wildman–Crippen LogP) is 3.97. The second kappa shape index (κ2) is 5.47. The largest absolute Gasteiger partial charge is 0.383 e. The molecular formula is C16H23N3. The zero-order valence-electron chi connectivity index (χ0n) is 12.3. The van der Waals surface area contributed by atoms with Crippen LogP contribution in [0.3, 0.4) is 0 Å². The van der Waals surface area contributed by atoms with E-state index in [2.05, 4.69) is 56.5 Å². The summed E-state index contributed by atoms with van der Waals surface area (Å²) in [6.45, 7) is 9.50. The summed E-state index contributed by atoms with van der Waals surface area (Å²) in [5, 5.41) is 0. The maximum Gasteiger partial charge on any atom is 0.131 e. The van der Waals surface area contributed by atoms with Gasteiger partial charge >= 0.3 is 0 Å². The van der Waals surface area contributed by atoms with Gasteiger partial charge in [-0.1, -0.05) is 44.5 Å². The Labute approximate surface area is 115 Å². The Hall–Kier alpha value is -1.77. The molecule has 3 heteroatoms. The molecule has 0 fully saturated rings. The molecule has 19 heavy (non-hydrogen) atoms. The van der Waals surface area contributed by atoms with E-state index in [0.29, 0.717) is 5.92 Å². The number of rotatable bonds is 4. The Balaban J connectivity index is 2.55. The molecule has 2 aromatic rings. The van der Waals surface area contributed by atoms with Crippen molar-refractivity contribution in [2.45, 2.75) is 46.6 Å². The summed E-state index contributed by atoms with van der Waals surface area (Å²) < 4.78 is 2.16. The third kappa shape index (κ3) is 2.65. The van der Waals surface area contributed by atoms with Gasteiger partial charge in [0.2, 0.25) is 0 Å². The average molecular weight is 257 g/mol. The minimum absolute atomic E-state index is 0.382. The van der Waals surface area contributed by atoms with Gasteiger partial charge in [0, 0.05) is 18.0 Å². The second-order valence-electron chi connectivity index (χ2n) is 5.38. The summed E-state index contributed by atoms with van der Waals surface area (Å²) in [5.74, 6) is 2.25. The van der Waals surface area contributed by atoms with Crippen LogP contribution in [0.2, 0.25) is 0 Å². The summed E-state index contributed by atoms with van der Waals surface area (Å²) >= 11 is 0. The molecule has 0 bridgehead atoms. The van der Waals surface area contributed by atoms with Crippen LogP contribution in [-0.2, 0) is 6.54 Å². The van der Waals surface area contributed by atoms with Crippen LogP contribution < -0.4 is 5.73 Å². The van der Waals surface area contributed by atoms with Crippen molar-refractivity contribution in [3.63, 3.8) is 0 Å². The normalized spacial score (nSPS) is 11.2. The van der Waals surface area contributed by atoms with Gasteiger partial charge in [0.15, 0.2) is 0 Å². The van der Waals surface area contributed by atoms with Crippen LogP contribution >= 0.6 is 0 Å². The molecule has 0 aliphatic carbocycles. The maximum atomic E-state index is 6.31. The molecular weight excluding hydrogens is 234 g/mol. The number of anilines is 1. The van der Waals surface area contributed by atoms with E-state index < -0.39 is 0 Å². The fourth-order valence-electron chi connectivity index (χ4n) is 2.39. The average Bonchev–Trinajstić information content (AvgIpc) is 2.68. The molecule has 0 amide bonds. The van der Waals surface area contributed by atoms with Crippen molar-refractivity contribution >= 4 is 5.82 Å². The molecule has 0 aliphatic heterocycles. The van der Waals surface area contributed by atoms with Gasteiger partial charge in [-0.3, -0.25) is 0 Å². The number of nitrogen functional groups attached to an aromatic ring is 1. The molecule has 2 rings (SSSR count). The van der Waals surface area contributed by atoms with Crippen LogP contribution in [0.15, 0.2) is 24.3 Å². The summed E-state index contributed by atoms with van der Waals surface area (Å²) in [4.78, 5) is 4.78. The van der Waals surface area contributed by atoms with E-state index in [1.54, 1.807) is 0 Å². The number of nitrogens with two attached hydrogens (primary N) is 1. The first-order valence-electron chi connectivity index (χ1n) is 6.97. The summed E-state index contributed by atoms with van der Waals surface area (Å²) in [6.07, 6.45) is 1.06. The van der Waals surface area contributed by atoms with Crippen molar-refractivity contribution in [1.82, 2.24) is 9.55 Å². The van der Waals surface area contributed by atoms with Crippen molar-refractivity contribution in [3.05, 3.63) is 35.7 Å². The predicted molar refractivity (Wildman–Crippen MR) is 81.2 cm³/mol. The van der Waals surface area contributed by atoms with Gasteiger partial charge in [-0.25, -0.2) is 4.98 Å². The fourth-order valence-corrected chi connectivity index (χ4v) is 2.39. The van der Waals surface area contributed by atoms with E-state index in [9.17, 15) is 0 Å². The highest BCUT2D eigenvalue weighted by atomic mass is 15.1. The number of benzene rings is 1. The molecule has 0 atom stereocenters. The van der Waals surface area contributed by atoms with Crippen molar-refractivity contribution in [2.24, 2.45) is 0 Å². The first-order chi connectivity index (χ1) is 9.04. The van der Waals surface area contributed by atoms with E-state index in [-0.39, 0.29) is 0 Å². The SMILES string of the molecule is CCCn1c(C(C)C)nc(-c2cccc(C)c2)c1N. The monoisotopic (exact) mass is 257 g/mol. The molecule has 1 heterocycles. The lowest BCUT2D eigenvalue weighted by molar-refractivity contribution is 0.616. The Kier molecular flexibility index (Phi) is 3.93. The van der Waals surface area contributed by atoms with E-state index in [1.165, 1.54) is 5.56 Å². The lowest BCUT2D eigenvalue weighted by Crippen LogP contribution is -2.08. The molecule has 0 aliphatic rings. The third-order valence-electron chi connectivity index (χ3n) is 3.29. The molecule has 0 unspecified atom stereocenters. The summed E-state index contributed by atoms with van der Waals surface area (Å²) in [6, 6.07) is 8.36. The number of aromatic nitrogens is 2. The number of aryl methyl sites for hydroxylation is 1. The highest BCUT2D eigenvalue weighted by Crippen LogP contribution is 2.30. The molecule has 1 aromatic heterocycles. The van der Waals surface area contributed by atoms with E-state index in [0.717, 1.165) is 35.9 Å². The zero-order valence-corrected chi connectivity index (χ0v) is 12.3. The minimum atomic E-state index is 0.382. The van der Waals surface area contributed by atoms with Gasteiger partial charge in [0.1, 0.15) is 17.3 Å². The van der Waals surface area contributed by atoms with Gasteiger partial charge < -0.3 is 10.3 Å². The van der Waals surface area contributed by atoms with Crippen molar-refractivity contribution in [2.75, 3.05) is 5.73 Å². The molecule has 2 N–H and O–H groups in total. The molecule has 0 radical (unpaired) electrons.